The van der Waals surface area contributed by atoms with Gasteiger partial charge in [-0.05, 0) is 6.07 Å². The summed E-state index contributed by atoms with van der Waals surface area (Å²) >= 11 is 5.96. The number of aromatic nitrogens is 4. The molecule has 0 unspecified atom stereocenters. The third-order valence-corrected chi connectivity index (χ3v) is 4.04. The van der Waals surface area contributed by atoms with Crippen molar-refractivity contribution in [3.63, 3.8) is 0 Å². The van der Waals surface area contributed by atoms with E-state index in [0.717, 1.165) is 13.1 Å². The zero-order chi connectivity index (χ0) is 16.8. The van der Waals surface area contributed by atoms with Crippen molar-refractivity contribution in [1.29, 1.82) is 0 Å². The summed E-state index contributed by atoms with van der Waals surface area (Å²) in [5, 5.41) is 3.50. The molecule has 1 fully saturated rings. The van der Waals surface area contributed by atoms with E-state index >= 15 is 0 Å². The number of piperazine rings is 1. The summed E-state index contributed by atoms with van der Waals surface area (Å²) in [5.41, 5.74) is 0. The van der Waals surface area contributed by atoms with Crippen LogP contribution in [0.1, 0.15) is 6.42 Å². The molecule has 1 N–H and O–H groups in total. The molecule has 0 radical (unpaired) electrons. The minimum absolute atomic E-state index is 0.112. The van der Waals surface area contributed by atoms with Crippen LogP contribution in [0.15, 0.2) is 31.0 Å². The Morgan fingerprint density at radius 2 is 1.92 bits per heavy atom. The molecule has 0 saturated carbocycles. The number of nitrogens with zero attached hydrogens (tertiary/aromatic N) is 6. The second-order valence-corrected chi connectivity index (χ2v) is 5.72. The van der Waals surface area contributed by atoms with E-state index in [0.29, 0.717) is 42.8 Å². The predicted octanol–water partition coefficient (Wildman–Crippen LogP) is 1.07. The minimum Gasteiger partial charge on any atom is -0.368 e. The second kappa shape index (κ2) is 7.87. The fourth-order valence-corrected chi connectivity index (χ4v) is 2.67. The summed E-state index contributed by atoms with van der Waals surface area (Å²) in [6.07, 6.45) is 6.78. The first-order valence-corrected chi connectivity index (χ1v) is 8.11. The van der Waals surface area contributed by atoms with Gasteiger partial charge in [0.2, 0.25) is 11.9 Å². The van der Waals surface area contributed by atoms with Gasteiger partial charge < -0.3 is 15.1 Å². The highest BCUT2D eigenvalue weighted by molar-refractivity contribution is 6.32. The van der Waals surface area contributed by atoms with Crippen LogP contribution in [0, 0.1) is 0 Å². The van der Waals surface area contributed by atoms with E-state index < -0.39 is 0 Å². The molecule has 1 saturated heterocycles. The molecule has 0 spiro atoms. The first-order chi connectivity index (χ1) is 11.7. The van der Waals surface area contributed by atoms with Gasteiger partial charge >= 0.3 is 0 Å². The Balaban J connectivity index is 1.43. The first kappa shape index (κ1) is 16.4. The predicted molar refractivity (Wildman–Crippen MR) is 91.0 cm³/mol. The summed E-state index contributed by atoms with van der Waals surface area (Å²) in [6, 6.07) is 1.79. The molecule has 24 heavy (non-hydrogen) atoms. The van der Waals surface area contributed by atoms with Gasteiger partial charge in [-0.2, -0.15) is 0 Å². The maximum Gasteiger partial charge on any atom is 0.225 e. The molecule has 0 atom stereocenters. The highest BCUT2D eigenvalue weighted by Gasteiger charge is 2.22. The number of carbonyl (C=O) groups excluding carboxylic acids is 1. The molecule has 8 nitrogen and oxygen atoms in total. The number of carbonyl (C=O) groups is 1. The SMILES string of the molecule is O=C(CCNc1ncncc1Cl)N1CCN(c2ncccn2)CC1. The Kier molecular flexibility index (Phi) is 5.37. The molecule has 1 amide bonds. The van der Waals surface area contributed by atoms with Gasteiger partial charge in [0, 0.05) is 51.5 Å². The number of rotatable bonds is 5. The van der Waals surface area contributed by atoms with Gasteiger partial charge in [0.25, 0.3) is 0 Å². The van der Waals surface area contributed by atoms with Gasteiger partial charge in [0.1, 0.15) is 17.2 Å². The number of amides is 1. The highest BCUT2D eigenvalue weighted by Crippen LogP contribution is 2.16. The lowest BCUT2D eigenvalue weighted by molar-refractivity contribution is -0.131. The van der Waals surface area contributed by atoms with Crippen molar-refractivity contribution < 1.29 is 4.79 Å². The zero-order valence-corrected chi connectivity index (χ0v) is 13.9. The zero-order valence-electron chi connectivity index (χ0n) is 13.1. The van der Waals surface area contributed by atoms with Crippen LogP contribution in [0.5, 0.6) is 0 Å². The molecule has 9 heteroatoms. The minimum atomic E-state index is 0.112. The van der Waals surface area contributed by atoms with Crippen LogP contribution in [-0.4, -0.2) is 63.5 Å². The van der Waals surface area contributed by atoms with E-state index in [2.05, 4.69) is 30.2 Å². The van der Waals surface area contributed by atoms with Crippen LogP contribution in [0.3, 0.4) is 0 Å². The standard InChI is InChI=1S/C15H18ClN7O/c16-12-10-17-11-21-14(12)18-5-2-13(24)22-6-8-23(9-7-22)15-19-3-1-4-20-15/h1,3-4,10-11H,2,5-9H2,(H,17,18,21). The van der Waals surface area contributed by atoms with Gasteiger partial charge in [-0.3, -0.25) is 4.79 Å². The van der Waals surface area contributed by atoms with Gasteiger partial charge in [-0.1, -0.05) is 11.6 Å². The maximum absolute atomic E-state index is 12.3. The van der Waals surface area contributed by atoms with Crippen molar-refractivity contribution in [1.82, 2.24) is 24.8 Å². The molecule has 126 valence electrons. The summed E-state index contributed by atoms with van der Waals surface area (Å²) < 4.78 is 0. The molecule has 1 aliphatic rings. The van der Waals surface area contributed by atoms with E-state index in [9.17, 15) is 4.79 Å². The Labute approximate surface area is 144 Å². The largest absolute Gasteiger partial charge is 0.368 e. The molecular formula is C15H18ClN7O. The summed E-state index contributed by atoms with van der Waals surface area (Å²) in [6.45, 7) is 3.30. The van der Waals surface area contributed by atoms with Gasteiger partial charge in [0.05, 0.1) is 6.20 Å². The normalized spacial score (nSPS) is 14.5. The first-order valence-electron chi connectivity index (χ1n) is 7.73. The van der Waals surface area contributed by atoms with Crippen LogP contribution in [-0.2, 0) is 4.79 Å². The average Bonchev–Trinajstić information content (AvgIpc) is 2.64. The lowest BCUT2D eigenvalue weighted by atomic mass is 10.3. The van der Waals surface area contributed by atoms with Crippen molar-refractivity contribution in [3.8, 4) is 0 Å². The third-order valence-electron chi connectivity index (χ3n) is 3.77. The van der Waals surface area contributed by atoms with Crippen LogP contribution < -0.4 is 10.2 Å². The average molecular weight is 348 g/mol. The molecule has 3 heterocycles. The second-order valence-electron chi connectivity index (χ2n) is 5.31. The van der Waals surface area contributed by atoms with E-state index in [1.165, 1.54) is 12.5 Å². The van der Waals surface area contributed by atoms with Crippen molar-refractivity contribution in [2.45, 2.75) is 6.42 Å². The van der Waals surface area contributed by atoms with E-state index in [1.807, 2.05) is 4.90 Å². The molecule has 2 aromatic heterocycles. The van der Waals surface area contributed by atoms with E-state index in [-0.39, 0.29) is 5.91 Å². The maximum atomic E-state index is 12.3. The van der Waals surface area contributed by atoms with Crippen LogP contribution in [0.2, 0.25) is 5.02 Å². The Morgan fingerprint density at radius 1 is 1.17 bits per heavy atom. The third kappa shape index (κ3) is 4.08. The Bertz CT molecular complexity index is 677. The molecule has 1 aliphatic heterocycles. The van der Waals surface area contributed by atoms with Gasteiger partial charge in [-0.25, -0.2) is 19.9 Å². The van der Waals surface area contributed by atoms with Crippen LogP contribution in [0.4, 0.5) is 11.8 Å². The smallest absolute Gasteiger partial charge is 0.225 e. The number of hydrogen-bond donors (Lipinski definition) is 1. The molecule has 0 bridgehead atoms. The fraction of sp³-hybridized carbons (Fsp3) is 0.400. The lowest BCUT2D eigenvalue weighted by Gasteiger charge is -2.34. The lowest BCUT2D eigenvalue weighted by Crippen LogP contribution is -2.49. The summed E-state index contributed by atoms with van der Waals surface area (Å²) in [7, 11) is 0. The van der Waals surface area contributed by atoms with E-state index in [4.69, 9.17) is 11.6 Å². The number of halogens is 1. The summed E-state index contributed by atoms with van der Waals surface area (Å²) in [4.78, 5) is 32.6. The molecule has 0 aromatic carbocycles. The molecule has 0 aliphatic carbocycles. The highest BCUT2D eigenvalue weighted by atomic mass is 35.5. The molecule has 3 rings (SSSR count). The Hall–Kier alpha value is -2.48. The van der Waals surface area contributed by atoms with Crippen molar-refractivity contribution in [3.05, 3.63) is 36.0 Å². The van der Waals surface area contributed by atoms with Crippen LogP contribution >= 0.6 is 11.6 Å². The number of nitrogens with one attached hydrogen (secondary N) is 1. The monoisotopic (exact) mass is 347 g/mol. The van der Waals surface area contributed by atoms with Gasteiger partial charge in [-0.15, -0.1) is 0 Å². The topological polar surface area (TPSA) is 87.1 Å². The van der Waals surface area contributed by atoms with Crippen LogP contribution in [0.25, 0.3) is 0 Å². The van der Waals surface area contributed by atoms with Crippen molar-refractivity contribution in [2.75, 3.05) is 42.9 Å². The van der Waals surface area contributed by atoms with E-state index in [1.54, 1.807) is 18.5 Å². The fourth-order valence-electron chi connectivity index (χ4n) is 2.50. The molecular weight excluding hydrogens is 330 g/mol. The van der Waals surface area contributed by atoms with Crippen molar-refractivity contribution >= 4 is 29.3 Å². The van der Waals surface area contributed by atoms with Gasteiger partial charge in [0.15, 0.2) is 0 Å². The Morgan fingerprint density at radius 3 is 2.62 bits per heavy atom. The number of anilines is 2. The summed E-state index contributed by atoms with van der Waals surface area (Å²) in [5.74, 6) is 1.37. The number of hydrogen-bond acceptors (Lipinski definition) is 7. The molecule has 2 aromatic rings. The van der Waals surface area contributed by atoms with Crippen molar-refractivity contribution in [2.24, 2.45) is 0 Å². The quantitative estimate of drug-likeness (QED) is 0.865.